The summed E-state index contributed by atoms with van der Waals surface area (Å²) >= 11 is 5.97. The highest BCUT2D eigenvalue weighted by molar-refractivity contribution is 6.30. The van der Waals surface area contributed by atoms with Crippen LogP contribution in [0.25, 0.3) is 5.69 Å². The van der Waals surface area contributed by atoms with Gasteiger partial charge in [0.25, 0.3) is 5.91 Å². The fraction of sp³-hybridized carbons (Fsp3) is 0.304. The molecule has 29 heavy (non-hydrogen) atoms. The SMILES string of the molecule is Cc1nn(-c2ccccc2)c(C)c1C(=O)N1CCN(Cc2ccc(Cl)cc2)CC1. The number of piperazine rings is 1. The van der Waals surface area contributed by atoms with Gasteiger partial charge in [-0.15, -0.1) is 0 Å². The molecule has 6 heteroatoms. The minimum Gasteiger partial charge on any atom is -0.336 e. The molecular weight excluding hydrogens is 384 g/mol. The highest BCUT2D eigenvalue weighted by Crippen LogP contribution is 2.21. The zero-order chi connectivity index (χ0) is 20.4. The Balaban J connectivity index is 1.43. The van der Waals surface area contributed by atoms with E-state index in [0.29, 0.717) is 0 Å². The van der Waals surface area contributed by atoms with E-state index in [2.05, 4.69) is 22.1 Å². The van der Waals surface area contributed by atoms with Crippen LogP contribution >= 0.6 is 11.6 Å². The number of rotatable bonds is 4. The Kier molecular flexibility index (Phi) is 5.69. The van der Waals surface area contributed by atoms with Gasteiger partial charge in [0.1, 0.15) is 0 Å². The summed E-state index contributed by atoms with van der Waals surface area (Å²) in [5.41, 5.74) is 4.60. The summed E-state index contributed by atoms with van der Waals surface area (Å²) in [6.45, 7) is 7.93. The molecule has 2 aromatic carbocycles. The van der Waals surface area contributed by atoms with Crippen molar-refractivity contribution < 1.29 is 4.79 Å². The number of hydrogen-bond acceptors (Lipinski definition) is 3. The van der Waals surface area contributed by atoms with Crippen LogP contribution in [0.5, 0.6) is 0 Å². The maximum Gasteiger partial charge on any atom is 0.257 e. The minimum atomic E-state index is 0.0772. The van der Waals surface area contributed by atoms with E-state index in [4.69, 9.17) is 11.6 Å². The smallest absolute Gasteiger partial charge is 0.257 e. The highest BCUT2D eigenvalue weighted by atomic mass is 35.5. The van der Waals surface area contributed by atoms with Gasteiger partial charge in [-0.1, -0.05) is 41.9 Å². The Bertz CT molecular complexity index is 990. The number of amides is 1. The number of hydrogen-bond donors (Lipinski definition) is 0. The van der Waals surface area contributed by atoms with E-state index < -0.39 is 0 Å². The molecule has 0 radical (unpaired) electrons. The molecule has 5 nitrogen and oxygen atoms in total. The molecule has 0 spiro atoms. The minimum absolute atomic E-state index is 0.0772. The molecule has 1 fully saturated rings. The van der Waals surface area contributed by atoms with Crippen molar-refractivity contribution in [3.63, 3.8) is 0 Å². The number of para-hydroxylation sites is 1. The van der Waals surface area contributed by atoms with Crippen LogP contribution in [-0.4, -0.2) is 51.7 Å². The molecule has 0 unspecified atom stereocenters. The Hall–Kier alpha value is -2.63. The van der Waals surface area contributed by atoms with Crippen LogP contribution in [0.2, 0.25) is 5.02 Å². The van der Waals surface area contributed by atoms with Gasteiger partial charge < -0.3 is 4.90 Å². The highest BCUT2D eigenvalue weighted by Gasteiger charge is 2.27. The van der Waals surface area contributed by atoms with Crippen LogP contribution in [0, 0.1) is 13.8 Å². The van der Waals surface area contributed by atoms with Crippen molar-refractivity contribution in [1.29, 1.82) is 0 Å². The second kappa shape index (κ2) is 8.39. The van der Waals surface area contributed by atoms with Crippen molar-refractivity contribution in [3.8, 4) is 5.69 Å². The average Bonchev–Trinajstić information content (AvgIpc) is 3.04. The van der Waals surface area contributed by atoms with E-state index in [1.54, 1.807) is 0 Å². The van der Waals surface area contributed by atoms with Crippen molar-refractivity contribution in [2.75, 3.05) is 26.2 Å². The van der Waals surface area contributed by atoms with Gasteiger partial charge in [-0.3, -0.25) is 9.69 Å². The number of carbonyl (C=O) groups excluding carboxylic acids is 1. The predicted molar refractivity (Wildman–Crippen MR) is 116 cm³/mol. The lowest BCUT2D eigenvalue weighted by molar-refractivity contribution is 0.0627. The first-order valence-corrected chi connectivity index (χ1v) is 10.3. The van der Waals surface area contributed by atoms with E-state index in [-0.39, 0.29) is 5.91 Å². The van der Waals surface area contributed by atoms with Crippen LogP contribution in [0.15, 0.2) is 54.6 Å². The molecule has 3 aromatic rings. The van der Waals surface area contributed by atoms with Gasteiger partial charge in [0.05, 0.1) is 22.6 Å². The Morgan fingerprint density at radius 1 is 0.966 bits per heavy atom. The molecule has 4 rings (SSSR count). The average molecular weight is 409 g/mol. The van der Waals surface area contributed by atoms with E-state index in [1.807, 2.05) is 65.9 Å². The molecule has 1 aliphatic heterocycles. The first kappa shape index (κ1) is 19.7. The number of halogens is 1. The van der Waals surface area contributed by atoms with Crippen LogP contribution in [-0.2, 0) is 6.54 Å². The lowest BCUT2D eigenvalue weighted by Crippen LogP contribution is -2.48. The summed E-state index contributed by atoms with van der Waals surface area (Å²) in [7, 11) is 0. The molecule has 2 heterocycles. The van der Waals surface area contributed by atoms with Gasteiger partial charge in [-0.05, 0) is 43.7 Å². The summed E-state index contributed by atoms with van der Waals surface area (Å²) in [4.78, 5) is 17.6. The van der Waals surface area contributed by atoms with Crippen molar-refractivity contribution >= 4 is 17.5 Å². The third-order valence-corrected chi connectivity index (χ3v) is 5.74. The van der Waals surface area contributed by atoms with Crippen molar-refractivity contribution in [2.45, 2.75) is 20.4 Å². The van der Waals surface area contributed by atoms with E-state index >= 15 is 0 Å². The third kappa shape index (κ3) is 4.21. The number of benzene rings is 2. The molecule has 150 valence electrons. The number of carbonyl (C=O) groups is 1. The summed E-state index contributed by atoms with van der Waals surface area (Å²) in [6, 6.07) is 17.9. The third-order valence-electron chi connectivity index (χ3n) is 5.48. The molecule has 1 aliphatic rings. The predicted octanol–water partition coefficient (Wildman–Crippen LogP) is 4.10. The lowest BCUT2D eigenvalue weighted by Gasteiger charge is -2.34. The van der Waals surface area contributed by atoms with Gasteiger partial charge in [-0.2, -0.15) is 5.10 Å². The normalized spacial score (nSPS) is 14.9. The topological polar surface area (TPSA) is 41.4 Å². The van der Waals surface area contributed by atoms with Crippen LogP contribution in [0.3, 0.4) is 0 Å². The summed E-state index contributed by atoms with van der Waals surface area (Å²) in [5, 5.41) is 5.38. The lowest BCUT2D eigenvalue weighted by atomic mass is 10.1. The van der Waals surface area contributed by atoms with Gasteiger partial charge in [0.15, 0.2) is 0 Å². The summed E-state index contributed by atoms with van der Waals surface area (Å²) in [6.07, 6.45) is 0. The quantitative estimate of drug-likeness (QED) is 0.652. The van der Waals surface area contributed by atoms with E-state index in [1.165, 1.54) is 5.56 Å². The van der Waals surface area contributed by atoms with Gasteiger partial charge in [-0.25, -0.2) is 4.68 Å². The number of aromatic nitrogens is 2. The van der Waals surface area contributed by atoms with Gasteiger partial charge in [0.2, 0.25) is 0 Å². The summed E-state index contributed by atoms with van der Waals surface area (Å²) in [5.74, 6) is 0.0772. The zero-order valence-corrected chi connectivity index (χ0v) is 17.6. The second-order valence-electron chi connectivity index (χ2n) is 7.49. The van der Waals surface area contributed by atoms with E-state index in [0.717, 1.165) is 60.4 Å². The number of aryl methyl sites for hydroxylation is 1. The van der Waals surface area contributed by atoms with Crippen molar-refractivity contribution in [2.24, 2.45) is 0 Å². The zero-order valence-electron chi connectivity index (χ0n) is 16.8. The Morgan fingerprint density at radius 2 is 1.62 bits per heavy atom. The Labute approximate surface area is 176 Å². The van der Waals surface area contributed by atoms with Crippen LogP contribution in [0.1, 0.15) is 27.3 Å². The molecule has 0 atom stereocenters. The fourth-order valence-electron chi connectivity index (χ4n) is 3.89. The second-order valence-corrected chi connectivity index (χ2v) is 7.92. The van der Waals surface area contributed by atoms with E-state index in [9.17, 15) is 4.79 Å². The first-order chi connectivity index (χ1) is 14.0. The maximum atomic E-state index is 13.2. The monoisotopic (exact) mass is 408 g/mol. The summed E-state index contributed by atoms with van der Waals surface area (Å²) < 4.78 is 1.86. The maximum absolute atomic E-state index is 13.2. The largest absolute Gasteiger partial charge is 0.336 e. The molecule has 0 saturated carbocycles. The van der Waals surface area contributed by atoms with Crippen molar-refractivity contribution in [3.05, 3.63) is 82.1 Å². The molecule has 0 bridgehead atoms. The van der Waals surface area contributed by atoms with Gasteiger partial charge >= 0.3 is 0 Å². The first-order valence-electron chi connectivity index (χ1n) is 9.90. The van der Waals surface area contributed by atoms with Crippen LogP contribution in [0.4, 0.5) is 0 Å². The molecular formula is C23H25ClN4O. The molecule has 0 aliphatic carbocycles. The fourth-order valence-corrected chi connectivity index (χ4v) is 4.01. The number of nitrogens with zero attached hydrogens (tertiary/aromatic N) is 4. The molecule has 1 amide bonds. The molecule has 0 N–H and O–H groups in total. The molecule has 1 saturated heterocycles. The van der Waals surface area contributed by atoms with Crippen molar-refractivity contribution in [1.82, 2.24) is 19.6 Å². The Morgan fingerprint density at radius 3 is 2.28 bits per heavy atom. The molecule has 1 aromatic heterocycles. The van der Waals surface area contributed by atoms with Gasteiger partial charge in [0, 0.05) is 37.7 Å². The standard InChI is InChI=1S/C23H25ClN4O/c1-17-22(18(2)28(25-17)21-6-4-3-5-7-21)23(29)27-14-12-26(13-15-27)16-19-8-10-20(24)11-9-19/h3-11H,12-16H2,1-2H3. The van der Waals surface area contributed by atoms with Crippen LogP contribution < -0.4 is 0 Å².